The van der Waals surface area contributed by atoms with Crippen molar-refractivity contribution in [2.24, 2.45) is 0 Å². The van der Waals surface area contributed by atoms with E-state index in [0.717, 1.165) is 15.9 Å². The second kappa shape index (κ2) is 6.57. The molecule has 1 aliphatic rings. The zero-order valence-electron chi connectivity index (χ0n) is 12.6. The molecule has 0 saturated heterocycles. The van der Waals surface area contributed by atoms with E-state index in [0.29, 0.717) is 29.9 Å². The van der Waals surface area contributed by atoms with Crippen LogP contribution in [-0.2, 0) is 28.9 Å². The number of aromatic nitrogens is 2. The van der Waals surface area contributed by atoms with Gasteiger partial charge in [0, 0.05) is 28.3 Å². The third kappa shape index (κ3) is 3.26. The van der Waals surface area contributed by atoms with Gasteiger partial charge in [-0.05, 0) is 49.3 Å². The summed E-state index contributed by atoms with van der Waals surface area (Å²) in [4.78, 5) is 14.8. The standard InChI is InChI=1S/C16H16BrFN2O2S/c1-2-22-15(21)7-13-14-5-9(8-20(14)16(23)19-13)11-6-10(17)3-4-12(11)18/h3-4,6,9H,2,5,7-8H2,1H3,(H,19,23)/t9-/m1/s1. The van der Waals surface area contributed by atoms with Gasteiger partial charge in [0.25, 0.3) is 0 Å². The second-order valence-corrected chi connectivity index (χ2v) is 6.82. The molecule has 0 bridgehead atoms. The van der Waals surface area contributed by atoms with Gasteiger partial charge >= 0.3 is 5.97 Å². The number of hydrogen-bond donors (Lipinski definition) is 1. The number of H-pyrrole nitrogens is 1. The molecule has 1 aromatic heterocycles. The largest absolute Gasteiger partial charge is 0.466 e. The van der Waals surface area contributed by atoms with Crippen LogP contribution in [0.1, 0.15) is 29.8 Å². The maximum Gasteiger partial charge on any atom is 0.311 e. The third-order valence-corrected chi connectivity index (χ3v) is 4.86. The highest BCUT2D eigenvalue weighted by Crippen LogP contribution is 2.34. The number of hydrogen-bond acceptors (Lipinski definition) is 3. The highest BCUT2D eigenvalue weighted by molar-refractivity contribution is 9.10. The topological polar surface area (TPSA) is 47.0 Å². The zero-order chi connectivity index (χ0) is 16.6. The lowest BCUT2D eigenvalue weighted by atomic mass is 9.96. The summed E-state index contributed by atoms with van der Waals surface area (Å²) in [6.07, 6.45) is 0.808. The molecule has 1 N–H and O–H groups in total. The van der Waals surface area contributed by atoms with Crippen LogP contribution in [0.2, 0.25) is 0 Å². The number of carbonyl (C=O) groups excluding carboxylic acids is 1. The molecular weight excluding hydrogens is 383 g/mol. The van der Waals surface area contributed by atoms with Crippen molar-refractivity contribution in [3.05, 3.63) is 50.2 Å². The number of benzene rings is 1. The molecule has 1 atom stereocenters. The Balaban J connectivity index is 1.88. The smallest absolute Gasteiger partial charge is 0.311 e. The SMILES string of the molecule is CCOC(=O)Cc1[nH]c(=S)n2c1C[C@@H](c1cc(Br)ccc1F)C2. The summed E-state index contributed by atoms with van der Waals surface area (Å²) in [7, 11) is 0. The Morgan fingerprint density at radius 1 is 1.57 bits per heavy atom. The van der Waals surface area contributed by atoms with E-state index in [1.54, 1.807) is 13.0 Å². The molecule has 3 rings (SSSR count). The molecule has 0 radical (unpaired) electrons. The predicted molar refractivity (Wildman–Crippen MR) is 90.5 cm³/mol. The van der Waals surface area contributed by atoms with Gasteiger partial charge in [-0.1, -0.05) is 15.9 Å². The van der Waals surface area contributed by atoms with Crippen molar-refractivity contribution >= 4 is 34.1 Å². The van der Waals surface area contributed by atoms with Crippen molar-refractivity contribution < 1.29 is 13.9 Å². The Bertz CT molecular complexity index is 815. The number of esters is 1. The van der Waals surface area contributed by atoms with E-state index < -0.39 is 0 Å². The number of nitrogens with one attached hydrogen (secondary N) is 1. The van der Waals surface area contributed by atoms with Crippen molar-refractivity contribution in [1.29, 1.82) is 0 Å². The fraction of sp³-hybridized carbons (Fsp3) is 0.375. The fourth-order valence-corrected chi connectivity index (χ4v) is 3.72. The lowest BCUT2D eigenvalue weighted by Gasteiger charge is -2.11. The number of halogens is 2. The van der Waals surface area contributed by atoms with Crippen molar-refractivity contribution in [3.63, 3.8) is 0 Å². The number of fused-ring (bicyclic) bond motifs is 1. The Kier molecular flexibility index (Phi) is 4.68. The van der Waals surface area contributed by atoms with Gasteiger partial charge in [0.15, 0.2) is 4.77 Å². The Morgan fingerprint density at radius 3 is 3.09 bits per heavy atom. The van der Waals surface area contributed by atoms with Crippen molar-refractivity contribution in [1.82, 2.24) is 9.55 Å². The number of rotatable bonds is 4. The molecule has 2 aromatic rings. The van der Waals surface area contributed by atoms with E-state index in [9.17, 15) is 9.18 Å². The molecule has 1 aliphatic heterocycles. The van der Waals surface area contributed by atoms with E-state index in [1.165, 1.54) is 6.07 Å². The molecule has 0 fully saturated rings. The van der Waals surface area contributed by atoms with Crippen molar-refractivity contribution in [3.8, 4) is 0 Å². The quantitative estimate of drug-likeness (QED) is 0.627. The van der Waals surface area contributed by atoms with Crippen LogP contribution in [0.4, 0.5) is 4.39 Å². The minimum absolute atomic E-state index is 0.0137. The molecule has 1 aromatic carbocycles. The van der Waals surface area contributed by atoms with Crippen LogP contribution in [0.25, 0.3) is 0 Å². The molecule has 2 heterocycles. The summed E-state index contributed by atoms with van der Waals surface area (Å²) in [5, 5.41) is 0. The molecule has 122 valence electrons. The number of carbonyl (C=O) groups is 1. The maximum absolute atomic E-state index is 14.1. The third-order valence-electron chi connectivity index (χ3n) is 4.04. The first-order valence-electron chi connectivity index (χ1n) is 7.40. The zero-order valence-corrected chi connectivity index (χ0v) is 15.0. The molecule has 0 unspecified atom stereocenters. The number of aromatic amines is 1. The molecule has 0 aliphatic carbocycles. The van der Waals surface area contributed by atoms with E-state index in [-0.39, 0.29) is 24.1 Å². The van der Waals surface area contributed by atoms with Gasteiger partial charge in [-0.2, -0.15) is 0 Å². The molecule has 4 nitrogen and oxygen atoms in total. The Labute approximate surface area is 146 Å². The van der Waals surface area contributed by atoms with E-state index >= 15 is 0 Å². The van der Waals surface area contributed by atoms with Crippen LogP contribution in [0, 0.1) is 10.6 Å². The highest BCUT2D eigenvalue weighted by atomic mass is 79.9. The highest BCUT2D eigenvalue weighted by Gasteiger charge is 2.29. The van der Waals surface area contributed by atoms with Crippen molar-refractivity contribution in [2.75, 3.05) is 6.61 Å². The average Bonchev–Trinajstić information content (AvgIpc) is 3.04. The molecular formula is C16H16BrFN2O2S. The van der Waals surface area contributed by atoms with Gasteiger partial charge < -0.3 is 14.3 Å². The lowest BCUT2D eigenvalue weighted by Crippen LogP contribution is -2.09. The minimum Gasteiger partial charge on any atom is -0.466 e. The van der Waals surface area contributed by atoms with Crippen LogP contribution in [0.15, 0.2) is 22.7 Å². The van der Waals surface area contributed by atoms with Crippen molar-refractivity contribution in [2.45, 2.75) is 32.2 Å². The van der Waals surface area contributed by atoms with Gasteiger partial charge in [0.1, 0.15) is 5.82 Å². The summed E-state index contributed by atoms with van der Waals surface area (Å²) in [5.41, 5.74) is 2.40. The molecule has 0 saturated carbocycles. The first-order chi connectivity index (χ1) is 11.0. The summed E-state index contributed by atoms with van der Waals surface area (Å²) in [6, 6.07) is 4.96. The number of nitrogens with zero attached hydrogens (tertiary/aromatic N) is 1. The predicted octanol–water partition coefficient (Wildman–Crippen LogP) is 3.89. The summed E-state index contributed by atoms with van der Waals surface area (Å²) in [5.74, 6) is -0.491. The normalized spacial score (nSPS) is 16.4. The Hall–Kier alpha value is -1.47. The van der Waals surface area contributed by atoms with Crippen LogP contribution in [0.3, 0.4) is 0 Å². The van der Waals surface area contributed by atoms with Crippen LogP contribution in [-0.4, -0.2) is 22.1 Å². The molecule has 7 heteroatoms. The minimum atomic E-state index is -0.288. The van der Waals surface area contributed by atoms with E-state index in [4.69, 9.17) is 17.0 Å². The first kappa shape index (κ1) is 16.4. The summed E-state index contributed by atoms with van der Waals surface area (Å²) < 4.78 is 22.5. The molecule has 0 amide bonds. The van der Waals surface area contributed by atoms with Crippen LogP contribution in [0.5, 0.6) is 0 Å². The summed E-state index contributed by atoms with van der Waals surface area (Å²) >= 11 is 8.72. The van der Waals surface area contributed by atoms with Crippen LogP contribution >= 0.6 is 28.1 Å². The maximum atomic E-state index is 14.1. The van der Waals surface area contributed by atoms with Crippen LogP contribution < -0.4 is 0 Å². The van der Waals surface area contributed by atoms with Gasteiger partial charge in [-0.25, -0.2) is 4.39 Å². The van der Waals surface area contributed by atoms with E-state index in [1.807, 2.05) is 10.6 Å². The monoisotopic (exact) mass is 398 g/mol. The Morgan fingerprint density at radius 2 is 2.35 bits per heavy atom. The summed E-state index contributed by atoms with van der Waals surface area (Å²) in [6.45, 7) is 2.73. The van der Waals surface area contributed by atoms with Gasteiger partial charge in [-0.15, -0.1) is 0 Å². The van der Waals surface area contributed by atoms with E-state index in [2.05, 4.69) is 20.9 Å². The number of imidazole rings is 1. The average molecular weight is 399 g/mol. The first-order valence-corrected chi connectivity index (χ1v) is 8.60. The second-order valence-electron chi connectivity index (χ2n) is 5.51. The lowest BCUT2D eigenvalue weighted by molar-refractivity contribution is -0.142. The van der Waals surface area contributed by atoms with Gasteiger partial charge in [0.05, 0.1) is 13.0 Å². The number of ether oxygens (including phenoxy) is 1. The van der Waals surface area contributed by atoms with Gasteiger partial charge in [0.2, 0.25) is 0 Å². The molecule has 23 heavy (non-hydrogen) atoms. The van der Waals surface area contributed by atoms with Gasteiger partial charge in [-0.3, -0.25) is 4.79 Å². The molecule has 0 spiro atoms. The fourth-order valence-electron chi connectivity index (χ4n) is 3.04.